The number of nitrogen functional groups attached to an aromatic ring is 1. The van der Waals surface area contributed by atoms with Crippen LogP contribution in [-0.4, -0.2) is 32.5 Å². The topological polar surface area (TPSA) is 122 Å². The van der Waals surface area contributed by atoms with Gasteiger partial charge >= 0.3 is 6.03 Å². The van der Waals surface area contributed by atoms with Crippen LogP contribution in [0, 0.1) is 5.82 Å². The van der Waals surface area contributed by atoms with E-state index in [0.29, 0.717) is 29.0 Å². The fraction of sp³-hybridized carbons (Fsp3) is 0.100. The second-order valence-electron chi connectivity index (χ2n) is 6.30. The number of pyridine rings is 2. The molecule has 4 aromatic rings. The number of amides is 2. The summed E-state index contributed by atoms with van der Waals surface area (Å²) in [7, 11) is 0. The summed E-state index contributed by atoms with van der Waals surface area (Å²) in [4.78, 5) is 27.6. The Labute approximate surface area is 165 Å². The van der Waals surface area contributed by atoms with Crippen molar-refractivity contribution in [3.8, 4) is 22.4 Å². The Morgan fingerprint density at radius 2 is 2.07 bits per heavy atom. The number of hydrogen-bond acceptors (Lipinski definition) is 5. The van der Waals surface area contributed by atoms with Crippen molar-refractivity contribution in [2.75, 3.05) is 17.6 Å². The molecule has 0 unspecified atom stereocenters. The molecule has 8 nitrogen and oxygen atoms in total. The molecule has 0 aliphatic rings. The number of aromatic nitrogens is 4. The normalized spacial score (nSPS) is 10.8. The first-order chi connectivity index (χ1) is 14.0. The Bertz CT molecular complexity index is 1190. The number of nitrogens with zero attached hydrogens (tertiary/aromatic N) is 3. The SMILES string of the molecule is CCNC(=O)Nc1nc2c(-c3ncccc3F)cc(-c3ccc(N)nc3)cc2[nH]1. The molecule has 0 aliphatic carbocycles. The number of imidazole rings is 1. The predicted molar refractivity (Wildman–Crippen MR) is 110 cm³/mol. The molecule has 0 saturated heterocycles. The van der Waals surface area contributed by atoms with Crippen LogP contribution in [0.4, 0.5) is 21.0 Å². The third kappa shape index (κ3) is 3.70. The summed E-state index contributed by atoms with van der Waals surface area (Å²) >= 11 is 0. The molecule has 0 atom stereocenters. The monoisotopic (exact) mass is 391 g/mol. The highest BCUT2D eigenvalue weighted by molar-refractivity contribution is 5.98. The summed E-state index contributed by atoms with van der Waals surface area (Å²) in [6, 6.07) is 9.63. The molecule has 0 fully saturated rings. The van der Waals surface area contributed by atoms with E-state index in [0.717, 1.165) is 11.1 Å². The number of fused-ring (bicyclic) bond motifs is 1. The van der Waals surface area contributed by atoms with Gasteiger partial charge in [0.05, 0.1) is 5.52 Å². The number of halogens is 1. The third-order valence-corrected chi connectivity index (χ3v) is 4.29. The Morgan fingerprint density at radius 1 is 1.21 bits per heavy atom. The van der Waals surface area contributed by atoms with Crippen LogP contribution >= 0.6 is 0 Å². The highest BCUT2D eigenvalue weighted by Crippen LogP contribution is 2.34. The third-order valence-electron chi connectivity index (χ3n) is 4.29. The molecular weight excluding hydrogens is 373 g/mol. The Morgan fingerprint density at radius 3 is 2.79 bits per heavy atom. The zero-order chi connectivity index (χ0) is 20.4. The Balaban J connectivity index is 1.89. The smallest absolute Gasteiger partial charge is 0.321 e. The highest BCUT2D eigenvalue weighted by Gasteiger charge is 2.17. The summed E-state index contributed by atoms with van der Waals surface area (Å²) < 4.78 is 14.5. The number of nitrogens with one attached hydrogen (secondary N) is 3. The van der Waals surface area contributed by atoms with Gasteiger partial charge in [-0.05, 0) is 48.9 Å². The number of carbonyl (C=O) groups excluding carboxylic acids is 1. The molecule has 4 rings (SSSR count). The van der Waals surface area contributed by atoms with Crippen molar-refractivity contribution in [2.45, 2.75) is 6.92 Å². The number of H-pyrrole nitrogens is 1. The standard InChI is InChI=1S/C20H18FN7O/c1-2-23-20(29)28-19-26-15-9-12(11-5-6-16(22)25-10-11)8-13(18(15)27-19)17-14(21)4-3-7-24-17/h3-10H,2H2,1H3,(H2,22,25)(H3,23,26,27,28,29). The highest BCUT2D eigenvalue weighted by atomic mass is 19.1. The van der Waals surface area contributed by atoms with Gasteiger partial charge < -0.3 is 16.0 Å². The molecule has 146 valence electrons. The van der Waals surface area contributed by atoms with E-state index < -0.39 is 5.82 Å². The molecule has 1 aromatic carbocycles. The minimum absolute atomic E-state index is 0.166. The molecule has 0 radical (unpaired) electrons. The van der Waals surface area contributed by atoms with Crippen LogP contribution in [0.3, 0.4) is 0 Å². The number of aromatic amines is 1. The number of benzene rings is 1. The van der Waals surface area contributed by atoms with E-state index in [4.69, 9.17) is 5.73 Å². The van der Waals surface area contributed by atoms with Gasteiger partial charge in [-0.1, -0.05) is 0 Å². The minimum Gasteiger partial charge on any atom is -0.384 e. The maximum Gasteiger partial charge on any atom is 0.321 e. The minimum atomic E-state index is -0.470. The molecular formula is C20H18FN7O. The fourth-order valence-corrected chi connectivity index (χ4v) is 3.00. The lowest BCUT2D eigenvalue weighted by Crippen LogP contribution is -2.28. The number of hydrogen-bond donors (Lipinski definition) is 4. The largest absolute Gasteiger partial charge is 0.384 e. The van der Waals surface area contributed by atoms with E-state index in [1.54, 1.807) is 18.3 Å². The van der Waals surface area contributed by atoms with Gasteiger partial charge in [0.25, 0.3) is 0 Å². The number of carbonyl (C=O) groups is 1. The van der Waals surface area contributed by atoms with Crippen LogP contribution in [-0.2, 0) is 0 Å². The molecule has 0 aliphatic heterocycles. The van der Waals surface area contributed by atoms with Crippen LogP contribution in [0.25, 0.3) is 33.4 Å². The van der Waals surface area contributed by atoms with Gasteiger partial charge in [-0.25, -0.2) is 19.2 Å². The quantitative estimate of drug-likeness (QED) is 0.424. The van der Waals surface area contributed by atoms with Crippen LogP contribution in [0.1, 0.15) is 6.92 Å². The lowest BCUT2D eigenvalue weighted by Gasteiger charge is -2.08. The Hall–Kier alpha value is -4.01. The van der Waals surface area contributed by atoms with Crippen molar-refractivity contribution in [1.29, 1.82) is 0 Å². The van der Waals surface area contributed by atoms with E-state index in [2.05, 4.69) is 30.6 Å². The zero-order valence-electron chi connectivity index (χ0n) is 15.5. The second-order valence-corrected chi connectivity index (χ2v) is 6.30. The number of anilines is 2. The van der Waals surface area contributed by atoms with Crippen molar-refractivity contribution in [3.63, 3.8) is 0 Å². The van der Waals surface area contributed by atoms with E-state index in [1.807, 2.05) is 19.1 Å². The number of urea groups is 1. The van der Waals surface area contributed by atoms with Crippen LogP contribution in [0.2, 0.25) is 0 Å². The van der Waals surface area contributed by atoms with Crippen molar-refractivity contribution in [2.24, 2.45) is 0 Å². The summed E-state index contributed by atoms with van der Waals surface area (Å²) in [5, 5.41) is 5.27. The number of nitrogens with two attached hydrogens (primary N) is 1. The first-order valence-electron chi connectivity index (χ1n) is 8.96. The van der Waals surface area contributed by atoms with E-state index >= 15 is 0 Å². The van der Waals surface area contributed by atoms with E-state index in [1.165, 1.54) is 18.3 Å². The average Bonchev–Trinajstić information content (AvgIpc) is 3.10. The van der Waals surface area contributed by atoms with Crippen molar-refractivity contribution in [3.05, 3.63) is 54.6 Å². The average molecular weight is 391 g/mol. The summed E-state index contributed by atoms with van der Waals surface area (Å²) in [5.41, 5.74) is 9.01. The molecule has 0 saturated carbocycles. The molecule has 2 amide bonds. The van der Waals surface area contributed by atoms with Crippen LogP contribution in [0.15, 0.2) is 48.8 Å². The summed E-state index contributed by atoms with van der Waals surface area (Å²) in [5.74, 6) is 0.180. The van der Waals surface area contributed by atoms with Gasteiger partial charge in [-0.15, -0.1) is 0 Å². The molecule has 3 heterocycles. The van der Waals surface area contributed by atoms with Crippen LogP contribution < -0.4 is 16.4 Å². The maximum absolute atomic E-state index is 14.5. The molecule has 29 heavy (non-hydrogen) atoms. The van der Waals surface area contributed by atoms with Gasteiger partial charge in [0.1, 0.15) is 22.8 Å². The van der Waals surface area contributed by atoms with Gasteiger partial charge in [0.2, 0.25) is 5.95 Å². The van der Waals surface area contributed by atoms with Gasteiger partial charge in [-0.3, -0.25) is 10.3 Å². The van der Waals surface area contributed by atoms with Crippen LogP contribution in [0.5, 0.6) is 0 Å². The van der Waals surface area contributed by atoms with Crippen molar-refractivity contribution < 1.29 is 9.18 Å². The first kappa shape index (κ1) is 18.4. The molecule has 9 heteroatoms. The van der Waals surface area contributed by atoms with E-state index in [-0.39, 0.29) is 17.7 Å². The number of rotatable bonds is 4. The zero-order valence-corrected chi connectivity index (χ0v) is 15.5. The van der Waals surface area contributed by atoms with Gasteiger partial charge in [0, 0.05) is 30.1 Å². The maximum atomic E-state index is 14.5. The van der Waals surface area contributed by atoms with Gasteiger partial charge in [0.15, 0.2) is 0 Å². The lowest BCUT2D eigenvalue weighted by molar-refractivity contribution is 0.252. The van der Waals surface area contributed by atoms with Crippen molar-refractivity contribution >= 4 is 28.8 Å². The lowest BCUT2D eigenvalue weighted by atomic mass is 10.0. The molecule has 0 spiro atoms. The van der Waals surface area contributed by atoms with Gasteiger partial charge in [-0.2, -0.15) is 0 Å². The Kier molecular flexibility index (Phi) is 4.78. The summed E-state index contributed by atoms with van der Waals surface area (Å²) in [6.45, 7) is 2.29. The molecule has 3 aromatic heterocycles. The molecule has 5 N–H and O–H groups in total. The summed E-state index contributed by atoms with van der Waals surface area (Å²) in [6.07, 6.45) is 3.15. The van der Waals surface area contributed by atoms with E-state index in [9.17, 15) is 9.18 Å². The first-order valence-corrected chi connectivity index (χ1v) is 8.96. The van der Waals surface area contributed by atoms with Crippen molar-refractivity contribution in [1.82, 2.24) is 25.3 Å². The fourth-order valence-electron chi connectivity index (χ4n) is 3.00. The molecule has 0 bridgehead atoms. The predicted octanol–water partition coefficient (Wildman–Crippen LogP) is 3.55. The second kappa shape index (κ2) is 7.55.